The first-order chi connectivity index (χ1) is 12.8. The van der Waals surface area contributed by atoms with Gasteiger partial charge in [0.25, 0.3) is 0 Å². The monoisotopic (exact) mass is 364 g/mol. The standard InChI is InChI=1S/C22H25BO4/c1-21(2)22(3,26-27-23(21)4)19-17-12-15-10-8-7-9-14(15)11-16(17)13-18(24-5)20(19)25-6/h7-13H,1-6H3. The summed E-state index contributed by atoms with van der Waals surface area (Å²) < 4.78 is 11.5. The van der Waals surface area contributed by atoms with E-state index in [1.807, 2.05) is 12.9 Å². The summed E-state index contributed by atoms with van der Waals surface area (Å²) in [6.45, 7) is 8.37. The maximum Gasteiger partial charge on any atom is 0.346 e. The fourth-order valence-corrected chi connectivity index (χ4v) is 4.02. The van der Waals surface area contributed by atoms with Crippen LogP contribution in [0.25, 0.3) is 21.5 Å². The normalized spacial score (nSPS) is 21.8. The van der Waals surface area contributed by atoms with Gasteiger partial charge in [0.15, 0.2) is 11.5 Å². The van der Waals surface area contributed by atoms with E-state index in [2.05, 4.69) is 57.2 Å². The first-order valence-electron chi connectivity index (χ1n) is 9.26. The second kappa shape index (κ2) is 6.15. The molecule has 27 heavy (non-hydrogen) atoms. The van der Waals surface area contributed by atoms with Crippen LogP contribution in [0.1, 0.15) is 26.3 Å². The predicted molar refractivity (Wildman–Crippen MR) is 110 cm³/mol. The van der Waals surface area contributed by atoms with Crippen molar-refractivity contribution in [2.75, 3.05) is 14.2 Å². The van der Waals surface area contributed by atoms with Crippen molar-refractivity contribution in [1.29, 1.82) is 0 Å². The Balaban J connectivity index is 2.15. The third-order valence-electron chi connectivity index (χ3n) is 6.43. The van der Waals surface area contributed by atoms with Crippen molar-refractivity contribution in [3.63, 3.8) is 0 Å². The first kappa shape index (κ1) is 18.1. The third kappa shape index (κ3) is 2.45. The van der Waals surface area contributed by atoms with E-state index in [0.717, 1.165) is 16.3 Å². The van der Waals surface area contributed by atoms with Crippen LogP contribution in [0, 0.1) is 0 Å². The largest absolute Gasteiger partial charge is 0.493 e. The van der Waals surface area contributed by atoms with Crippen molar-refractivity contribution >= 4 is 28.5 Å². The van der Waals surface area contributed by atoms with Gasteiger partial charge in [-0.05, 0) is 46.7 Å². The average Bonchev–Trinajstić information content (AvgIpc) is 2.88. The fourth-order valence-electron chi connectivity index (χ4n) is 4.02. The molecule has 4 nitrogen and oxygen atoms in total. The van der Waals surface area contributed by atoms with Gasteiger partial charge in [-0.3, -0.25) is 0 Å². The summed E-state index contributed by atoms with van der Waals surface area (Å²) in [5, 5.41) is 4.25. The number of fused-ring (bicyclic) bond motifs is 2. The molecule has 0 N–H and O–H groups in total. The molecule has 5 heteroatoms. The van der Waals surface area contributed by atoms with Crippen molar-refractivity contribution < 1.29 is 19.2 Å². The minimum atomic E-state index is -0.701. The minimum absolute atomic E-state index is 0.0612. The van der Waals surface area contributed by atoms with Gasteiger partial charge in [-0.2, -0.15) is 0 Å². The Kier molecular flexibility index (Phi) is 4.13. The Morgan fingerprint density at radius 1 is 0.889 bits per heavy atom. The molecule has 4 rings (SSSR count). The van der Waals surface area contributed by atoms with Crippen molar-refractivity contribution in [2.24, 2.45) is 0 Å². The summed E-state index contributed by atoms with van der Waals surface area (Å²) in [6, 6.07) is 14.8. The number of hydrogen-bond acceptors (Lipinski definition) is 4. The van der Waals surface area contributed by atoms with Crippen LogP contribution in [0.3, 0.4) is 0 Å². The van der Waals surface area contributed by atoms with Gasteiger partial charge >= 0.3 is 6.92 Å². The molecule has 0 aromatic heterocycles. The van der Waals surface area contributed by atoms with E-state index in [9.17, 15) is 0 Å². The van der Waals surface area contributed by atoms with Crippen molar-refractivity contribution in [1.82, 2.24) is 0 Å². The molecule has 3 aromatic carbocycles. The second-order valence-corrected chi connectivity index (χ2v) is 7.98. The summed E-state index contributed by atoms with van der Waals surface area (Å²) in [5.41, 5.74) is 0.256. The molecular weight excluding hydrogens is 339 g/mol. The lowest BCUT2D eigenvalue weighted by Crippen LogP contribution is -2.36. The highest BCUT2D eigenvalue weighted by molar-refractivity contribution is 6.54. The molecule has 1 aliphatic rings. The number of ether oxygens (including phenoxy) is 2. The van der Waals surface area contributed by atoms with Crippen molar-refractivity contribution in [3.05, 3.63) is 48.0 Å². The molecule has 1 aliphatic heterocycles. The number of hydrogen-bond donors (Lipinski definition) is 0. The van der Waals surface area contributed by atoms with Gasteiger partial charge in [0.1, 0.15) is 5.60 Å². The third-order valence-corrected chi connectivity index (χ3v) is 6.43. The van der Waals surface area contributed by atoms with Gasteiger partial charge in [0.05, 0.1) is 14.2 Å². The van der Waals surface area contributed by atoms with Crippen LogP contribution in [-0.4, -0.2) is 21.1 Å². The Morgan fingerprint density at radius 2 is 1.56 bits per heavy atom. The first-order valence-corrected chi connectivity index (χ1v) is 9.26. The van der Waals surface area contributed by atoms with Gasteiger partial charge < -0.3 is 14.3 Å². The summed E-state index contributed by atoms with van der Waals surface area (Å²) in [6.07, 6.45) is 0. The molecule has 0 amide bonds. The highest BCUT2D eigenvalue weighted by Crippen LogP contribution is 2.60. The van der Waals surface area contributed by atoms with Gasteiger partial charge in [-0.15, -0.1) is 0 Å². The molecule has 0 spiro atoms. The number of benzene rings is 3. The Hall–Kier alpha value is -2.24. The number of rotatable bonds is 3. The Labute approximate surface area is 160 Å². The molecule has 1 saturated heterocycles. The van der Waals surface area contributed by atoms with E-state index >= 15 is 0 Å². The van der Waals surface area contributed by atoms with Gasteiger partial charge in [-0.1, -0.05) is 44.9 Å². The van der Waals surface area contributed by atoms with E-state index < -0.39 is 5.60 Å². The molecule has 0 radical (unpaired) electrons. The van der Waals surface area contributed by atoms with Gasteiger partial charge in [0.2, 0.25) is 0 Å². The molecule has 1 atom stereocenters. The molecule has 140 valence electrons. The molecular formula is C22H25BO4. The average molecular weight is 364 g/mol. The maximum absolute atomic E-state index is 5.98. The maximum atomic E-state index is 5.98. The lowest BCUT2D eigenvalue weighted by Gasteiger charge is -2.37. The van der Waals surface area contributed by atoms with E-state index in [-0.39, 0.29) is 12.2 Å². The molecule has 0 saturated carbocycles. The zero-order chi connectivity index (χ0) is 19.4. The van der Waals surface area contributed by atoms with Crippen LogP contribution < -0.4 is 9.47 Å². The molecule has 1 fully saturated rings. The van der Waals surface area contributed by atoms with Crippen LogP contribution >= 0.6 is 0 Å². The zero-order valence-electron chi connectivity index (χ0n) is 16.8. The quantitative estimate of drug-likeness (QED) is 0.345. The van der Waals surface area contributed by atoms with Gasteiger partial charge in [0, 0.05) is 10.9 Å². The highest BCUT2D eigenvalue weighted by Gasteiger charge is 2.58. The molecule has 0 aliphatic carbocycles. The lowest BCUT2D eigenvalue weighted by atomic mass is 9.43. The van der Waals surface area contributed by atoms with Crippen LogP contribution in [0.4, 0.5) is 0 Å². The summed E-state index contributed by atoms with van der Waals surface area (Å²) in [4.78, 5) is 11.6. The molecule has 1 unspecified atom stereocenters. The SMILES string of the molecule is COc1cc2cc3ccccc3cc2c(C2(C)OOB(C)C2(C)C)c1OC. The fraction of sp³-hybridized carbons (Fsp3) is 0.364. The topological polar surface area (TPSA) is 36.9 Å². The second-order valence-electron chi connectivity index (χ2n) is 7.98. The van der Waals surface area contributed by atoms with Crippen LogP contribution in [0.2, 0.25) is 12.1 Å². The smallest absolute Gasteiger partial charge is 0.346 e. The van der Waals surface area contributed by atoms with Crippen molar-refractivity contribution in [3.8, 4) is 11.5 Å². The summed E-state index contributed by atoms with van der Waals surface area (Å²) >= 11 is 0. The Bertz CT molecular complexity index is 1030. The van der Waals surface area contributed by atoms with E-state index in [0.29, 0.717) is 11.5 Å². The summed E-state index contributed by atoms with van der Waals surface area (Å²) in [5.74, 6) is 1.38. The molecule has 0 bridgehead atoms. The van der Waals surface area contributed by atoms with Crippen LogP contribution in [-0.2, 0) is 15.3 Å². The predicted octanol–water partition coefficient (Wildman–Crippen LogP) is 5.59. The Morgan fingerprint density at radius 3 is 2.11 bits per heavy atom. The minimum Gasteiger partial charge on any atom is -0.493 e. The van der Waals surface area contributed by atoms with Crippen LogP contribution in [0.5, 0.6) is 11.5 Å². The highest BCUT2D eigenvalue weighted by atomic mass is 17.2. The van der Waals surface area contributed by atoms with E-state index in [1.165, 1.54) is 10.8 Å². The van der Waals surface area contributed by atoms with Crippen LogP contribution in [0.15, 0.2) is 42.5 Å². The number of methoxy groups -OCH3 is 2. The van der Waals surface area contributed by atoms with Crippen molar-refractivity contribution in [2.45, 2.75) is 38.5 Å². The van der Waals surface area contributed by atoms with E-state index in [4.69, 9.17) is 19.2 Å². The lowest BCUT2D eigenvalue weighted by molar-refractivity contribution is -0.274. The van der Waals surface area contributed by atoms with E-state index in [1.54, 1.807) is 14.2 Å². The summed E-state index contributed by atoms with van der Waals surface area (Å²) in [7, 11) is 3.33. The molecule has 1 heterocycles. The molecule has 3 aromatic rings. The zero-order valence-corrected chi connectivity index (χ0v) is 16.8. The van der Waals surface area contributed by atoms with Gasteiger partial charge in [-0.25, -0.2) is 4.89 Å².